The summed E-state index contributed by atoms with van der Waals surface area (Å²) in [7, 11) is 0. The van der Waals surface area contributed by atoms with Crippen molar-refractivity contribution in [1.82, 2.24) is 4.57 Å². The van der Waals surface area contributed by atoms with Crippen LogP contribution in [0.4, 0.5) is 0 Å². The SMILES string of the molecule is CCC(C)C(=O)c1cc2n(c1)CCCC2. The summed E-state index contributed by atoms with van der Waals surface area (Å²) in [4.78, 5) is 12.0. The first kappa shape index (κ1) is 10.5. The normalized spacial score (nSPS) is 17.2. The molecule has 82 valence electrons. The summed E-state index contributed by atoms with van der Waals surface area (Å²) in [5.74, 6) is 0.467. The lowest BCUT2D eigenvalue weighted by Crippen LogP contribution is -2.09. The molecule has 2 nitrogen and oxygen atoms in total. The van der Waals surface area contributed by atoms with Crippen molar-refractivity contribution in [1.29, 1.82) is 0 Å². The molecule has 2 heteroatoms. The van der Waals surface area contributed by atoms with E-state index in [-0.39, 0.29) is 5.92 Å². The molecular formula is C13H19NO. The van der Waals surface area contributed by atoms with Gasteiger partial charge in [-0.3, -0.25) is 4.79 Å². The van der Waals surface area contributed by atoms with Crippen LogP contribution in [0.3, 0.4) is 0 Å². The third kappa shape index (κ3) is 1.99. The number of nitrogens with zero attached hydrogens (tertiary/aromatic N) is 1. The minimum atomic E-state index is 0.162. The first-order valence-electron chi connectivity index (χ1n) is 5.95. The standard InChI is InChI=1S/C13H19NO/c1-3-10(2)13(15)11-8-12-6-4-5-7-14(12)9-11/h8-10H,3-7H2,1-2H3. The van der Waals surface area contributed by atoms with E-state index in [1.54, 1.807) is 0 Å². The van der Waals surface area contributed by atoms with Crippen molar-refractivity contribution in [3.63, 3.8) is 0 Å². The molecule has 0 radical (unpaired) electrons. The fraction of sp³-hybridized carbons (Fsp3) is 0.615. The number of Topliss-reactive ketones (excluding diaryl/α,β-unsaturated/α-hetero) is 1. The Labute approximate surface area is 91.3 Å². The van der Waals surface area contributed by atoms with Crippen LogP contribution in [-0.2, 0) is 13.0 Å². The highest BCUT2D eigenvalue weighted by Gasteiger charge is 2.18. The van der Waals surface area contributed by atoms with Gasteiger partial charge >= 0.3 is 0 Å². The van der Waals surface area contributed by atoms with Crippen LogP contribution in [0.25, 0.3) is 0 Å². The number of ketones is 1. The van der Waals surface area contributed by atoms with Crippen molar-refractivity contribution in [3.8, 4) is 0 Å². The summed E-state index contributed by atoms with van der Waals surface area (Å²) in [6, 6.07) is 2.09. The lowest BCUT2D eigenvalue weighted by atomic mass is 9.99. The highest BCUT2D eigenvalue weighted by atomic mass is 16.1. The molecule has 0 aromatic carbocycles. The number of aromatic nitrogens is 1. The van der Waals surface area contributed by atoms with Crippen molar-refractivity contribution in [2.45, 2.75) is 46.1 Å². The maximum atomic E-state index is 12.0. The van der Waals surface area contributed by atoms with E-state index in [4.69, 9.17) is 0 Å². The maximum absolute atomic E-state index is 12.0. The van der Waals surface area contributed by atoms with Gasteiger partial charge in [0.05, 0.1) is 0 Å². The van der Waals surface area contributed by atoms with E-state index in [1.165, 1.54) is 18.5 Å². The molecule has 0 spiro atoms. The maximum Gasteiger partial charge on any atom is 0.167 e. The Kier molecular flexibility index (Phi) is 2.94. The number of rotatable bonds is 3. The van der Waals surface area contributed by atoms with Crippen LogP contribution in [0, 0.1) is 5.92 Å². The van der Waals surface area contributed by atoms with Crippen LogP contribution in [0.5, 0.6) is 0 Å². The molecule has 0 bridgehead atoms. The van der Waals surface area contributed by atoms with Crippen LogP contribution in [0.1, 0.15) is 49.2 Å². The Bertz CT molecular complexity index is 341. The molecule has 0 saturated carbocycles. The molecule has 1 atom stereocenters. The number of fused-ring (bicyclic) bond motifs is 1. The minimum Gasteiger partial charge on any atom is -0.351 e. The second-order valence-corrected chi connectivity index (χ2v) is 4.54. The highest BCUT2D eigenvalue weighted by molar-refractivity contribution is 5.97. The third-order valence-electron chi connectivity index (χ3n) is 3.41. The summed E-state index contributed by atoms with van der Waals surface area (Å²) in [5, 5.41) is 0. The van der Waals surface area contributed by atoms with Crippen LogP contribution in [-0.4, -0.2) is 10.4 Å². The van der Waals surface area contributed by atoms with E-state index in [2.05, 4.69) is 17.6 Å². The van der Waals surface area contributed by atoms with Gasteiger partial charge in [-0.25, -0.2) is 0 Å². The van der Waals surface area contributed by atoms with Crippen molar-refractivity contribution < 1.29 is 4.79 Å². The van der Waals surface area contributed by atoms with Gasteiger partial charge in [-0.2, -0.15) is 0 Å². The Balaban J connectivity index is 2.22. The average Bonchev–Trinajstić information content (AvgIpc) is 2.70. The molecule has 2 heterocycles. The number of hydrogen-bond donors (Lipinski definition) is 0. The van der Waals surface area contributed by atoms with Crippen LogP contribution < -0.4 is 0 Å². The number of hydrogen-bond acceptors (Lipinski definition) is 1. The second kappa shape index (κ2) is 4.21. The molecule has 1 aromatic heterocycles. The van der Waals surface area contributed by atoms with Gasteiger partial charge in [0.2, 0.25) is 0 Å². The first-order chi connectivity index (χ1) is 7.22. The quantitative estimate of drug-likeness (QED) is 0.695. The fourth-order valence-electron chi connectivity index (χ4n) is 2.17. The van der Waals surface area contributed by atoms with Gasteiger partial charge in [0, 0.05) is 29.9 Å². The van der Waals surface area contributed by atoms with Crippen molar-refractivity contribution in [2.24, 2.45) is 5.92 Å². The predicted molar refractivity (Wildman–Crippen MR) is 61.2 cm³/mol. The van der Waals surface area contributed by atoms with E-state index < -0.39 is 0 Å². The Morgan fingerprint density at radius 1 is 1.53 bits per heavy atom. The second-order valence-electron chi connectivity index (χ2n) is 4.54. The monoisotopic (exact) mass is 205 g/mol. The van der Waals surface area contributed by atoms with Crippen LogP contribution in [0.15, 0.2) is 12.3 Å². The van der Waals surface area contributed by atoms with Crippen molar-refractivity contribution in [2.75, 3.05) is 0 Å². The lowest BCUT2D eigenvalue weighted by Gasteiger charge is -2.13. The molecule has 0 amide bonds. The van der Waals surface area contributed by atoms with Gasteiger partial charge in [0.25, 0.3) is 0 Å². The number of aryl methyl sites for hydroxylation is 2. The average molecular weight is 205 g/mol. The zero-order valence-electron chi connectivity index (χ0n) is 9.62. The first-order valence-corrected chi connectivity index (χ1v) is 5.95. The van der Waals surface area contributed by atoms with Gasteiger partial charge in [0.1, 0.15) is 0 Å². The van der Waals surface area contributed by atoms with E-state index >= 15 is 0 Å². The zero-order chi connectivity index (χ0) is 10.8. The minimum absolute atomic E-state index is 0.162. The van der Waals surface area contributed by atoms with Crippen LogP contribution >= 0.6 is 0 Å². The Morgan fingerprint density at radius 2 is 2.33 bits per heavy atom. The molecule has 2 rings (SSSR count). The van der Waals surface area contributed by atoms with Gasteiger partial charge in [-0.1, -0.05) is 13.8 Å². The van der Waals surface area contributed by atoms with E-state index in [0.29, 0.717) is 5.78 Å². The Hall–Kier alpha value is -1.05. The molecule has 0 saturated heterocycles. The molecule has 0 aliphatic carbocycles. The molecule has 1 aromatic rings. The van der Waals surface area contributed by atoms with Crippen LogP contribution in [0.2, 0.25) is 0 Å². The lowest BCUT2D eigenvalue weighted by molar-refractivity contribution is 0.0927. The summed E-state index contributed by atoms with van der Waals surface area (Å²) < 4.78 is 2.25. The largest absolute Gasteiger partial charge is 0.351 e. The van der Waals surface area contributed by atoms with Gasteiger partial charge in [-0.05, 0) is 31.7 Å². The summed E-state index contributed by atoms with van der Waals surface area (Å²) in [6.45, 7) is 5.17. The van der Waals surface area contributed by atoms with Gasteiger partial charge in [0.15, 0.2) is 5.78 Å². The van der Waals surface area contributed by atoms with Crippen molar-refractivity contribution >= 4 is 5.78 Å². The van der Waals surface area contributed by atoms with E-state index in [1.807, 2.05) is 13.1 Å². The molecular weight excluding hydrogens is 186 g/mol. The predicted octanol–water partition coefficient (Wildman–Crippen LogP) is 3.05. The summed E-state index contributed by atoms with van der Waals surface area (Å²) >= 11 is 0. The van der Waals surface area contributed by atoms with E-state index in [9.17, 15) is 4.79 Å². The van der Waals surface area contributed by atoms with Gasteiger partial charge in [-0.15, -0.1) is 0 Å². The number of carbonyl (C=O) groups excluding carboxylic acids is 1. The molecule has 0 fully saturated rings. The summed E-state index contributed by atoms with van der Waals surface area (Å²) in [5.41, 5.74) is 2.26. The molecule has 0 N–H and O–H groups in total. The van der Waals surface area contributed by atoms with Crippen molar-refractivity contribution in [3.05, 3.63) is 23.5 Å². The third-order valence-corrected chi connectivity index (χ3v) is 3.41. The smallest absolute Gasteiger partial charge is 0.167 e. The zero-order valence-corrected chi connectivity index (χ0v) is 9.62. The van der Waals surface area contributed by atoms with E-state index in [0.717, 1.165) is 24.9 Å². The molecule has 1 aliphatic rings. The molecule has 15 heavy (non-hydrogen) atoms. The number of carbonyl (C=O) groups is 1. The molecule has 1 unspecified atom stereocenters. The Morgan fingerprint density at radius 3 is 3.00 bits per heavy atom. The fourth-order valence-corrected chi connectivity index (χ4v) is 2.17. The summed E-state index contributed by atoms with van der Waals surface area (Å²) in [6.07, 6.45) is 6.62. The van der Waals surface area contributed by atoms with Gasteiger partial charge < -0.3 is 4.57 Å². The highest BCUT2D eigenvalue weighted by Crippen LogP contribution is 2.20. The molecule has 1 aliphatic heterocycles. The topological polar surface area (TPSA) is 22.0 Å².